The van der Waals surface area contributed by atoms with Crippen LogP contribution in [0.2, 0.25) is 0 Å². The van der Waals surface area contributed by atoms with Gasteiger partial charge < -0.3 is 5.43 Å². The summed E-state index contributed by atoms with van der Waals surface area (Å²) in [6.07, 6.45) is 4.36. The van der Waals surface area contributed by atoms with E-state index in [1.54, 1.807) is 6.20 Å². The Morgan fingerprint density at radius 1 is 1.22 bits per heavy atom. The fourth-order valence-corrected chi connectivity index (χ4v) is 1.75. The minimum Gasteiger partial charge on any atom is -0.308 e. The summed E-state index contributed by atoms with van der Waals surface area (Å²) in [5.74, 6) is 6.82. The number of nitrogen functional groups attached to an aromatic ring is 1. The lowest BCUT2D eigenvalue weighted by Crippen LogP contribution is -2.12. The Bertz CT molecular complexity index is 498. The van der Waals surface area contributed by atoms with E-state index in [-0.39, 0.29) is 0 Å². The number of nitrogens with zero attached hydrogens (tertiary/aromatic N) is 3. The quantitative estimate of drug-likeness (QED) is 0.617. The second-order valence-electron chi connectivity index (χ2n) is 4.05. The highest BCUT2D eigenvalue weighted by Gasteiger charge is 2.05. The molecule has 0 saturated carbocycles. The monoisotopic (exact) mass is 243 g/mol. The first-order chi connectivity index (χ1) is 8.81. The van der Waals surface area contributed by atoms with E-state index < -0.39 is 0 Å². The van der Waals surface area contributed by atoms with Crippen molar-refractivity contribution < 1.29 is 0 Å². The molecule has 0 unspecified atom stereocenters. The van der Waals surface area contributed by atoms with E-state index in [1.807, 2.05) is 24.3 Å². The van der Waals surface area contributed by atoms with Crippen molar-refractivity contribution in [2.24, 2.45) is 5.84 Å². The summed E-state index contributed by atoms with van der Waals surface area (Å²) >= 11 is 0. The maximum Gasteiger partial charge on any atom is 0.143 e. The van der Waals surface area contributed by atoms with Gasteiger partial charge in [0.2, 0.25) is 0 Å². The van der Waals surface area contributed by atoms with Gasteiger partial charge in [-0.1, -0.05) is 19.4 Å². The van der Waals surface area contributed by atoms with Crippen LogP contribution in [0.25, 0.3) is 0 Å². The Balaban J connectivity index is 2.24. The highest BCUT2D eigenvalue weighted by Crippen LogP contribution is 2.10. The molecule has 5 nitrogen and oxygen atoms in total. The lowest BCUT2D eigenvalue weighted by molar-refractivity contribution is 0.836. The molecule has 0 atom stereocenters. The van der Waals surface area contributed by atoms with Crippen LogP contribution in [0.5, 0.6) is 0 Å². The largest absolute Gasteiger partial charge is 0.308 e. The third kappa shape index (κ3) is 3.24. The number of anilines is 1. The molecule has 0 aliphatic carbocycles. The molecule has 0 spiro atoms. The lowest BCUT2D eigenvalue weighted by Gasteiger charge is -2.06. The van der Waals surface area contributed by atoms with Crippen molar-refractivity contribution in [2.75, 3.05) is 5.43 Å². The molecule has 0 aromatic carbocycles. The van der Waals surface area contributed by atoms with E-state index in [1.165, 1.54) is 0 Å². The van der Waals surface area contributed by atoms with Gasteiger partial charge >= 0.3 is 0 Å². The van der Waals surface area contributed by atoms with E-state index in [9.17, 15) is 0 Å². The zero-order valence-electron chi connectivity index (χ0n) is 10.4. The molecule has 5 heteroatoms. The van der Waals surface area contributed by atoms with E-state index in [2.05, 4.69) is 27.3 Å². The maximum absolute atomic E-state index is 5.42. The number of nitrogens with two attached hydrogens (primary N) is 1. The standard InChI is InChI=1S/C13H17N5/c1-2-5-11-9-13(18-14)17-12(16-11)8-10-6-3-4-7-15-10/h3-4,6-7,9H,2,5,8,14H2,1H3,(H,16,17,18). The highest BCUT2D eigenvalue weighted by molar-refractivity contribution is 5.35. The van der Waals surface area contributed by atoms with E-state index >= 15 is 0 Å². The summed E-state index contributed by atoms with van der Waals surface area (Å²) in [5, 5.41) is 0. The number of nitrogens with one attached hydrogen (secondary N) is 1. The first kappa shape index (κ1) is 12.4. The van der Waals surface area contributed by atoms with Crippen LogP contribution in [0.15, 0.2) is 30.5 Å². The van der Waals surface area contributed by atoms with Gasteiger partial charge in [-0.2, -0.15) is 0 Å². The Hall–Kier alpha value is -2.01. The van der Waals surface area contributed by atoms with Gasteiger partial charge in [0, 0.05) is 23.7 Å². The number of hydrogen-bond donors (Lipinski definition) is 2. The first-order valence-corrected chi connectivity index (χ1v) is 6.05. The summed E-state index contributed by atoms with van der Waals surface area (Å²) < 4.78 is 0. The molecule has 2 aromatic heterocycles. The molecule has 2 aromatic rings. The zero-order valence-corrected chi connectivity index (χ0v) is 10.4. The second kappa shape index (κ2) is 6.07. The molecule has 0 bridgehead atoms. The predicted octanol–water partition coefficient (Wildman–Crippen LogP) is 1.70. The molecule has 3 N–H and O–H groups in total. The van der Waals surface area contributed by atoms with E-state index in [0.29, 0.717) is 12.2 Å². The summed E-state index contributed by atoms with van der Waals surface area (Å²) in [6, 6.07) is 7.70. The van der Waals surface area contributed by atoms with Gasteiger partial charge in [-0.05, 0) is 18.6 Å². The molecule has 0 radical (unpaired) electrons. The number of hydrazine groups is 1. The van der Waals surface area contributed by atoms with Gasteiger partial charge in [0.25, 0.3) is 0 Å². The highest BCUT2D eigenvalue weighted by atomic mass is 15.3. The molecular weight excluding hydrogens is 226 g/mol. The average molecular weight is 243 g/mol. The lowest BCUT2D eigenvalue weighted by atomic mass is 10.2. The van der Waals surface area contributed by atoms with E-state index in [4.69, 9.17) is 5.84 Å². The smallest absolute Gasteiger partial charge is 0.143 e. The van der Waals surface area contributed by atoms with Gasteiger partial charge in [-0.3, -0.25) is 4.98 Å². The molecule has 0 saturated heterocycles. The number of aryl methyl sites for hydroxylation is 1. The molecule has 2 heterocycles. The van der Waals surface area contributed by atoms with Crippen LogP contribution in [0, 0.1) is 0 Å². The van der Waals surface area contributed by atoms with Crippen molar-refractivity contribution in [3.8, 4) is 0 Å². The average Bonchev–Trinajstić information content (AvgIpc) is 2.40. The van der Waals surface area contributed by atoms with Crippen molar-refractivity contribution in [1.29, 1.82) is 0 Å². The molecule has 0 aliphatic rings. The Morgan fingerprint density at radius 3 is 2.78 bits per heavy atom. The van der Waals surface area contributed by atoms with Crippen LogP contribution in [0.4, 0.5) is 5.82 Å². The minimum atomic E-state index is 0.618. The maximum atomic E-state index is 5.42. The zero-order chi connectivity index (χ0) is 12.8. The van der Waals surface area contributed by atoms with Gasteiger partial charge in [0.1, 0.15) is 11.6 Å². The van der Waals surface area contributed by atoms with Crippen LogP contribution in [-0.2, 0) is 12.8 Å². The van der Waals surface area contributed by atoms with Gasteiger partial charge in [0.15, 0.2) is 0 Å². The Kier molecular flexibility index (Phi) is 4.20. The molecule has 0 fully saturated rings. The normalized spacial score (nSPS) is 10.3. The first-order valence-electron chi connectivity index (χ1n) is 6.05. The molecule has 2 rings (SSSR count). The van der Waals surface area contributed by atoms with Gasteiger partial charge in [-0.15, -0.1) is 0 Å². The second-order valence-corrected chi connectivity index (χ2v) is 4.05. The van der Waals surface area contributed by atoms with Gasteiger partial charge in [-0.25, -0.2) is 15.8 Å². The number of rotatable bonds is 5. The third-order valence-electron chi connectivity index (χ3n) is 2.54. The SMILES string of the molecule is CCCc1cc(NN)nc(Cc2ccccn2)n1. The third-order valence-corrected chi connectivity index (χ3v) is 2.54. The van der Waals surface area contributed by atoms with Crippen LogP contribution < -0.4 is 11.3 Å². The van der Waals surface area contributed by atoms with Crippen LogP contribution in [-0.4, -0.2) is 15.0 Å². The summed E-state index contributed by atoms with van der Waals surface area (Å²) in [5.41, 5.74) is 4.54. The van der Waals surface area contributed by atoms with Gasteiger partial charge in [0.05, 0.1) is 6.42 Å². The molecule has 18 heavy (non-hydrogen) atoms. The molecule has 94 valence electrons. The molecule has 0 aliphatic heterocycles. The van der Waals surface area contributed by atoms with E-state index in [0.717, 1.165) is 30.1 Å². The van der Waals surface area contributed by atoms with Crippen LogP contribution in [0.1, 0.15) is 30.6 Å². The fourth-order valence-electron chi connectivity index (χ4n) is 1.75. The van der Waals surface area contributed by atoms with Crippen molar-refractivity contribution in [3.63, 3.8) is 0 Å². The van der Waals surface area contributed by atoms with Crippen LogP contribution in [0.3, 0.4) is 0 Å². The minimum absolute atomic E-state index is 0.618. The van der Waals surface area contributed by atoms with Crippen LogP contribution >= 0.6 is 0 Å². The Morgan fingerprint density at radius 2 is 2.11 bits per heavy atom. The number of aromatic nitrogens is 3. The summed E-state index contributed by atoms with van der Waals surface area (Å²) in [7, 11) is 0. The number of hydrogen-bond acceptors (Lipinski definition) is 5. The topological polar surface area (TPSA) is 76.7 Å². The summed E-state index contributed by atoms with van der Waals surface area (Å²) in [6.45, 7) is 2.12. The van der Waals surface area contributed by atoms with Crippen molar-refractivity contribution >= 4 is 5.82 Å². The Labute approximate surface area is 106 Å². The fraction of sp³-hybridized carbons (Fsp3) is 0.308. The van der Waals surface area contributed by atoms with Crippen molar-refractivity contribution in [1.82, 2.24) is 15.0 Å². The molecular formula is C13H17N5. The van der Waals surface area contributed by atoms with Crippen molar-refractivity contribution in [2.45, 2.75) is 26.2 Å². The van der Waals surface area contributed by atoms with Crippen molar-refractivity contribution in [3.05, 3.63) is 47.7 Å². The molecule has 0 amide bonds. The summed E-state index contributed by atoms with van der Waals surface area (Å²) in [4.78, 5) is 13.1. The number of pyridine rings is 1. The predicted molar refractivity (Wildman–Crippen MR) is 70.9 cm³/mol.